The first-order valence-electron chi connectivity index (χ1n) is 3.29. The maximum atomic E-state index is 11.9. The molecule has 0 atom stereocenters. The van der Waals surface area contributed by atoms with Crippen LogP contribution in [-0.4, -0.2) is 12.0 Å². The summed E-state index contributed by atoms with van der Waals surface area (Å²) in [6.07, 6.45) is -4.82. The van der Waals surface area contributed by atoms with Gasteiger partial charge in [-0.05, 0) is 12.1 Å². The molecular formula is C8H4BrF3O. The van der Waals surface area contributed by atoms with Crippen LogP contribution in [0.5, 0.6) is 0 Å². The second-order valence-corrected chi connectivity index (χ2v) is 3.16. The number of hydrogen-bond donors (Lipinski definition) is 0. The van der Waals surface area contributed by atoms with Crippen molar-refractivity contribution in [1.82, 2.24) is 0 Å². The zero-order valence-electron chi connectivity index (χ0n) is 6.23. The van der Waals surface area contributed by atoms with Crippen molar-refractivity contribution < 1.29 is 18.0 Å². The Bertz CT molecular complexity index is 332. The molecular weight excluding hydrogens is 249 g/mol. The molecule has 0 saturated heterocycles. The standard InChI is InChI=1S/C8H4BrF3O/c9-6-4-2-1-3-5(6)7(13)8(10,11)12/h1-4H. The van der Waals surface area contributed by atoms with Crippen LogP contribution in [-0.2, 0) is 0 Å². The number of Topliss-reactive ketones (excluding diaryl/α,β-unsaturated/α-hetero) is 1. The molecule has 0 aliphatic rings. The molecule has 0 amide bonds. The molecule has 0 bridgehead atoms. The third-order valence-corrected chi connectivity index (χ3v) is 2.07. The summed E-state index contributed by atoms with van der Waals surface area (Å²) < 4.78 is 36.0. The lowest BCUT2D eigenvalue weighted by Gasteiger charge is -2.05. The van der Waals surface area contributed by atoms with Crippen molar-refractivity contribution in [2.75, 3.05) is 0 Å². The topological polar surface area (TPSA) is 17.1 Å². The third-order valence-electron chi connectivity index (χ3n) is 1.38. The summed E-state index contributed by atoms with van der Waals surface area (Å²) in [5.41, 5.74) is -0.366. The summed E-state index contributed by atoms with van der Waals surface area (Å²) in [6, 6.07) is 5.43. The first-order chi connectivity index (χ1) is 5.93. The van der Waals surface area contributed by atoms with Crippen LogP contribution in [0.2, 0.25) is 0 Å². The average molecular weight is 253 g/mol. The van der Waals surface area contributed by atoms with E-state index in [4.69, 9.17) is 0 Å². The molecule has 1 rings (SSSR count). The average Bonchev–Trinajstić information content (AvgIpc) is 2.02. The molecule has 0 saturated carbocycles. The van der Waals surface area contributed by atoms with Gasteiger partial charge in [-0.15, -0.1) is 0 Å². The minimum absolute atomic E-state index is 0.150. The minimum Gasteiger partial charge on any atom is -0.284 e. The maximum absolute atomic E-state index is 11.9. The van der Waals surface area contributed by atoms with Gasteiger partial charge in [-0.2, -0.15) is 13.2 Å². The van der Waals surface area contributed by atoms with Gasteiger partial charge in [-0.1, -0.05) is 28.1 Å². The van der Waals surface area contributed by atoms with Crippen molar-refractivity contribution in [3.8, 4) is 0 Å². The van der Waals surface area contributed by atoms with Crippen LogP contribution >= 0.6 is 15.9 Å². The molecule has 0 aliphatic carbocycles. The van der Waals surface area contributed by atoms with Gasteiger partial charge < -0.3 is 0 Å². The van der Waals surface area contributed by atoms with E-state index in [1.165, 1.54) is 18.2 Å². The highest BCUT2D eigenvalue weighted by atomic mass is 79.9. The summed E-state index contributed by atoms with van der Waals surface area (Å²) in [7, 11) is 0. The van der Waals surface area contributed by atoms with Crippen LogP contribution in [0.1, 0.15) is 10.4 Å². The number of rotatable bonds is 1. The van der Waals surface area contributed by atoms with Crippen molar-refractivity contribution in [2.45, 2.75) is 6.18 Å². The number of carbonyl (C=O) groups is 1. The second kappa shape index (κ2) is 3.49. The van der Waals surface area contributed by atoms with Gasteiger partial charge in [0.15, 0.2) is 0 Å². The normalized spacial score (nSPS) is 11.4. The Morgan fingerprint density at radius 3 is 2.23 bits per heavy atom. The molecule has 0 aliphatic heterocycles. The van der Waals surface area contributed by atoms with Crippen LogP contribution in [0.25, 0.3) is 0 Å². The molecule has 70 valence electrons. The molecule has 0 fully saturated rings. The van der Waals surface area contributed by atoms with Gasteiger partial charge in [0, 0.05) is 10.0 Å². The smallest absolute Gasteiger partial charge is 0.284 e. The van der Waals surface area contributed by atoms with Crippen LogP contribution in [0.4, 0.5) is 13.2 Å². The van der Waals surface area contributed by atoms with Crippen molar-refractivity contribution >= 4 is 21.7 Å². The van der Waals surface area contributed by atoms with Crippen molar-refractivity contribution in [3.63, 3.8) is 0 Å². The van der Waals surface area contributed by atoms with Crippen LogP contribution in [0, 0.1) is 0 Å². The predicted octanol–water partition coefficient (Wildman–Crippen LogP) is 3.19. The highest BCUT2D eigenvalue weighted by molar-refractivity contribution is 9.10. The fourth-order valence-electron chi connectivity index (χ4n) is 0.798. The van der Waals surface area contributed by atoms with E-state index < -0.39 is 12.0 Å². The van der Waals surface area contributed by atoms with Gasteiger partial charge in [0.1, 0.15) is 0 Å². The Kier molecular flexibility index (Phi) is 2.75. The summed E-state index contributed by atoms with van der Waals surface area (Å²) in [6.45, 7) is 0. The summed E-state index contributed by atoms with van der Waals surface area (Å²) in [5, 5.41) is 0. The second-order valence-electron chi connectivity index (χ2n) is 2.31. The highest BCUT2D eigenvalue weighted by Gasteiger charge is 2.39. The van der Waals surface area contributed by atoms with E-state index in [-0.39, 0.29) is 10.0 Å². The first-order valence-corrected chi connectivity index (χ1v) is 4.08. The predicted molar refractivity (Wildman–Crippen MR) is 44.5 cm³/mol. The van der Waals surface area contributed by atoms with Gasteiger partial charge >= 0.3 is 6.18 Å². The molecule has 0 radical (unpaired) electrons. The molecule has 1 aromatic rings. The van der Waals surface area contributed by atoms with Gasteiger partial charge in [-0.3, -0.25) is 4.79 Å². The first kappa shape index (κ1) is 10.2. The Balaban J connectivity index is 3.10. The number of hydrogen-bond acceptors (Lipinski definition) is 1. The Morgan fingerprint density at radius 2 is 1.77 bits per heavy atom. The molecule has 0 aromatic heterocycles. The van der Waals surface area contributed by atoms with E-state index in [1.54, 1.807) is 0 Å². The lowest BCUT2D eigenvalue weighted by Crippen LogP contribution is -2.22. The van der Waals surface area contributed by atoms with Gasteiger partial charge in [0.25, 0.3) is 5.78 Å². The summed E-state index contributed by atoms with van der Waals surface area (Å²) in [5.74, 6) is -1.83. The Morgan fingerprint density at radius 1 is 1.23 bits per heavy atom. The van der Waals surface area contributed by atoms with Crippen molar-refractivity contribution in [1.29, 1.82) is 0 Å². The highest BCUT2D eigenvalue weighted by Crippen LogP contribution is 2.25. The largest absolute Gasteiger partial charge is 0.454 e. The molecule has 1 nitrogen and oxygen atoms in total. The number of alkyl halides is 3. The van der Waals surface area contributed by atoms with E-state index in [9.17, 15) is 18.0 Å². The maximum Gasteiger partial charge on any atom is 0.454 e. The molecule has 1 aromatic carbocycles. The van der Waals surface area contributed by atoms with E-state index in [2.05, 4.69) is 15.9 Å². The number of benzene rings is 1. The van der Waals surface area contributed by atoms with Crippen LogP contribution in [0.3, 0.4) is 0 Å². The molecule has 0 N–H and O–H groups in total. The summed E-state index contributed by atoms with van der Waals surface area (Å²) in [4.78, 5) is 10.7. The minimum atomic E-state index is -4.82. The van der Waals surface area contributed by atoms with Crippen molar-refractivity contribution in [2.24, 2.45) is 0 Å². The molecule has 0 heterocycles. The molecule has 13 heavy (non-hydrogen) atoms. The number of halogens is 4. The monoisotopic (exact) mass is 252 g/mol. The number of carbonyl (C=O) groups excluding carboxylic acids is 1. The zero-order chi connectivity index (χ0) is 10.1. The van der Waals surface area contributed by atoms with E-state index in [0.29, 0.717) is 0 Å². The van der Waals surface area contributed by atoms with E-state index in [1.807, 2.05) is 0 Å². The lowest BCUT2D eigenvalue weighted by molar-refractivity contribution is -0.0885. The van der Waals surface area contributed by atoms with Crippen LogP contribution in [0.15, 0.2) is 28.7 Å². The third kappa shape index (κ3) is 2.30. The van der Waals surface area contributed by atoms with Crippen LogP contribution < -0.4 is 0 Å². The quantitative estimate of drug-likeness (QED) is 0.702. The fraction of sp³-hybridized carbons (Fsp3) is 0.125. The number of ketones is 1. The van der Waals surface area contributed by atoms with E-state index in [0.717, 1.165) is 6.07 Å². The SMILES string of the molecule is O=C(c1ccccc1Br)C(F)(F)F. The fourth-order valence-corrected chi connectivity index (χ4v) is 1.26. The lowest BCUT2D eigenvalue weighted by atomic mass is 10.1. The van der Waals surface area contributed by atoms with E-state index >= 15 is 0 Å². The molecule has 0 spiro atoms. The van der Waals surface area contributed by atoms with Gasteiger partial charge in [0.05, 0.1) is 0 Å². The Hall–Kier alpha value is -0.840. The van der Waals surface area contributed by atoms with Gasteiger partial charge in [-0.25, -0.2) is 0 Å². The molecule has 5 heteroatoms. The Labute approximate surface area is 80.7 Å². The van der Waals surface area contributed by atoms with Gasteiger partial charge in [0.2, 0.25) is 0 Å². The summed E-state index contributed by atoms with van der Waals surface area (Å²) >= 11 is 2.87. The molecule has 0 unspecified atom stereocenters. The zero-order valence-corrected chi connectivity index (χ0v) is 7.82. The van der Waals surface area contributed by atoms with Crippen molar-refractivity contribution in [3.05, 3.63) is 34.3 Å².